The monoisotopic (exact) mass is 379 g/mol. The lowest BCUT2D eigenvalue weighted by atomic mass is 10.1. The number of amides is 2. The highest BCUT2D eigenvalue weighted by Gasteiger charge is 2.13. The normalized spacial score (nSPS) is 10.6. The Morgan fingerprint density at radius 2 is 1.96 bits per heavy atom. The maximum Gasteiger partial charge on any atom is 0.307 e. The van der Waals surface area contributed by atoms with Crippen LogP contribution >= 0.6 is 11.3 Å². The Morgan fingerprint density at radius 1 is 1.23 bits per heavy atom. The van der Waals surface area contributed by atoms with Crippen LogP contribution in [0.2, 0.25) is 0 Å². The standard InChI is InChI=1S/C17H18FN3O4S/c1-9(2)16(25)21-17-20-12(8-26-17)7-14(22)19-11-4-3-10(5-15(23)24)13(18)6-11/h3-4,6,8-9H,5,7H2,1-2H3,(H,19,22)(H,23,24)(H,20,21,25). The van der Waals surface area contributed by atoms with E-state index in [4.69, 9.17) is 5.11 Å². The molecule has 2 aromatic rings. The third-order valence-electron chi connectivity index (χ3n) is 3.33. The van der Waals surface area contributed by atoms with E-state index in [1.165, 1.54) is 23.5 Å². The van der Waals surface area contributed by atoms with Crippen molar-refractivity contribution >= 4 is 39.9 Å². The first kappa shape index (κ1) is 19.5. The SMILES string of the molecule is CC(C)C(=O)Nc1nc(CC(=O)Nc2ccc(CC(=O)O)c(F)c2)cs1. The van der Waals surface area contributed by atoms with Crippen LogP contribution in [-0.4, -0.2) is 27.9 Å². The molecule has 0 saturated heterocycles. The van der Waals surface area contributed by atoms with Gasteiger partial charge < -0.3 is 15.7 Å². The van der Waals surface area contributed by atoms with Crippen molar-refractivity contribution in [1.29, 1.82) is 0 Å². The molecule has 0 radical (unpaired) electrons. The molecule has 0 spiro atoms. The fraction of sp³-hybridized carbons (Fsp3) is 0.294. The number of aromatic nitrogens is 1. The van der Waals surface area contributed by atoms with Crippen molar-refractivity contribution < 1.29 is 23.9 Å². The average Bonchev–Trinajstić information content (AvgIpc) is 2.96. The molecule has 138 valence electrons. The Hall–Kier alpha value is -2.81. The first-order valence-electron chi connectivity index (χ1n) is 7.80. The van der Waals surface area contributed by atoms with Gasteiger partial charge in [-0.1, -0.05) is 19.9 Å². The van der Waals surface area contributed by atoms with Crippen molar-refractivity contribution in [1.82, 2.24) is 4.98 Å². The van der Waals surface area contributed by atoms with Crippen molar-refractivity contribution in [3.05, 3.63) is 40.7 Å². The van der Waals surface area contributed by atoms with E-state index in [0.717, 1.165) is 6.07 Å². The van der Waals surface area contributed by atoms with E-state index in [1.54, 1.807) is 19.2 Å². The molecule has 26 heavy (non-hydrogen) atoms. The van der Waals surface area contributed by atoms with Gasteiger partial charge in [-0.2, -0.15) is 0 Å². The third kappa shape index (κ3) is 5.62. The van der Waals surface area contributed by atoms with Crippen LogP contribution in [0.25, 0.3) is 0 Å². The Kier molecular flexibility index (Phi) is 6.40. The van der Waals surface area contributed by atoms with Gasteiger partial charge in [0.1, 0.15) is 5.82 Å². The molecule has 2 rings (SSSR count). The Labute approximate surface area is 153 Å². The number of aliphatic carboxylic acids is 1. The molecule has 1 aromatic heterocycles. The second-order valence-electron chi connectivity index (χ2n) is 5.89. The number of hydrogen-bond donors (Lipinski definition) is 3. The fourth-order valence-electron chi connectivity index (χ4n) is 2.00. The topological polar surface area (TPSA) is 108 Å². The number of thiazole rings is 1. The van der Waals surface area contributed by atoms with Gasteiger partial charge in [0.2, 0.25) is 11.8 Å². The molecule has 1 aromatic carbocycles. The van der Waals surface area contributed by atoms with E-state index in [2.05, 4.69) is 15.6 Å². The van der Waals surface area contributed by atoms with Gasteiger partial charge in [0, 0.05) is 17.0 Å². The van der Waals surface area contributed by atoms with Crippen LogP contribution in [0.15, 0.2) is 23.6 Å². The molecule has 0 aliphatic carbocycles. The quantitative estimate of drug-likeness (QED) is 0.685. The molecule has 0 atom stereocenters. The molecule has 0 saturated carbocycles. The van der Waals surface area contributed by atoms with E-state index in [0.29, 0.717) is 10.8 Å². The molecule has 3 N–H and O–H groups in total. The number of carbonyl (C=O) groups excluding carboxylic acids is 2. The van der Waals surface area contributed by atoms with E-state index >= 15 is 0 Å². The molecule has 7 nitrogen and oxygen atoms in total. The van der Waals surface area contributed by atoms with Gasteiger partial charge in [0.25, 0.3) is 0 Å². The van der Waals surface area contributed by atoms with Crippen molar-refractivity contribution in [2.75, 3.05) is 10.6 Å². The number of carboxylic acids is 1. The van der Waals surface area contributed by atoms with Gasteiger partial charge in [0.05, 0.1) is 18.5 Å². The summed E-state index contributed by atoms with van der Waals surface area (Å²) in [6.07, 6.45) is -0.462. The highest BCUT2D eigenvalue weighted by molar-refractivity contribution is 7.13. The van der Waals surface area contributed by atoms with Crippen LogP contribution in [0.4, 0.5) is 15.2 Å². The average molecular weight is 379 g/mol. The van der Waals surface area contributed by atoms with Gasteiger partial charge >= 0.3 is 5.97 Å². The van der Waals surface area contributed by atoms with Crippen molar-refractivity contribution in [3.63, 3.8) is 0 Å². The zero-order valence-electron chi connectivity index (χ0n) is 14.2. The number of rotatable bonds is 7. The van der Waals surface area contributed by atoms with Crippen LogP contribution in [0, 0.1) is 11.7 Å². The number of benzene rings is 1. The van der Waals surface area contributed by atoms with Crippen LogP contribution in [-0.2, 0) is 27.2 Å². The van der Waals surface area contributed by atoms with Gasteiger partial charge in [0.15, 0.2) is 5.13 Å². The molecule has 0 aliphatic rings. The maximum atomic E-state index is 13.8. The number of carbonyl (C=O) groups is 3. The summed E-state index contributed by atoms with van der Waals surface area (Å²) < 4.78 is 13.8. The number of carboxylic acid groups (broad SMARTS) is 1. The summed E-state index contributed by atoms with van der Waals surface area (Å²) in [6.45, 7) is 3.52. The number of nitrogens with zero attached hydrogens (tertiary/aromatic N) is 1. The Balaban J connectivity index is 1.94. The van der Waals surface area contributed by atoms with Gasteiger partial charge in [-0.25, -0.2) is 9.37 Å². The van der Waals surface area contributed by atoms with Gasteiger partial charge in [-0.3, -0.25) is 14.4 Å². The van der Waals surface area contributed by atoms with Crippen molar-refractivity contribution in [2.45, 2.75) is 26.7 Å². The molecule has 1 heterocycles. The van der Waals surface area contributed by atoms with Crippen LogP contribution < -0.4 is 10.6 Å². The van der Waals surface area contributed by atoms with Crippen LogP contribution in [0.3, 0.4) is 0 Å². The minimum absolute atomic E-state index is 0.0352. The lowest BCUT2D eigenvalue weighted by Crippen LogP contribution is -2.18. The molecular weight excluding hydrogens is 361 g/mol. The molecule has 0 fully saturated rings. The third-order valence-corrected chi connectivity index (χ3v) is 4.13. The molecular formula is C17H18FN3O4S. The molecule has 0 bridgehead atoms. The first-order valence-corrected chi connectivity index (χ1v) is 8.68. The first-order chi connectivity index (χ1) is 12.2. The Morgan fingerprint density at radius 3 is 2.58 bits per heavy atom. The predicted molar refractivity (Wildman–Crippen MR) is 95.7 cm³/mol. The number of halogens is 1. The van der Waals surface area contributed by atoms with E-state index < -0.39 is 24.1 Å². The summed E-state index contributed by atoms with van der Waals surface area (Å²) in [5.74, 6) is -2.57. The number of anilines is 2. The second-order valence-corrected chi connectivity index (χ2v) is 6.75. The fourth-order valence-corrected chi connectivity index (χ4v) is 2.71. The summed E-state index contributed by atoms with van der Waals surface area (Å²) in [7, 11) is 0. The second kappa shape index (κ2) is 8.52. The van der Waals surface area contributed by atoms with Crippen molar-refractivity contribution in [2.24, 2.45) is 5.92 Å². The minimum Gasteiger partial charge on any atom is -0.481 e. The summed E-state index contributed by atoms with van der Waals surface area (Å²) >= 11 is 1.21. The van der Waals surface area contributed by atoms with Gasteiger partial charge in [-0.15, -0.1) is 11.3 Å². The summed E-state index contributed by atoms with van der Waals surface area (Å²) in [5, 5.41) is 15.9. The smallest absolute Gasteiger partial charge is 0.307 e. The highest BCUT2D eigenvalue weighted by atomic mass is 32.1. The summed E-state index contributed by atoms with van der Waals surface area (Å²) in [5.41, 5.74) is 0.750. The highest BCUT2D eigenvalue weighted by Crippen LogP contribution is 2.18. The minimum atomic E-state index is -1.13. The molecule has 2 amide bonds. The van der Waals surface area contributed by atoms with E-state index in [1.807, 2.05) is 0 Å². The molecule has 9 heteroatoms. The number of nitrogens with one attached hydrogen (secondary N) is 2. The zero-order valence-corrected chi connectivity index (χ0v) is 15.0. The summed E-state index contributed by atoms with van der Waals surface area (Å²) in [6, 6.07) is 3.83. The predicted octanol–water partition coefficient (Wildman–Crippen LogP) is 2.69. The summed E-state index contributed by atoms with van der Waals surface area (Å²) in [4.78, 5) is 38.4. The van der Waals surface area contributed by atoms with Crippen LogP contribution in [0.5, 0.6) is 0 Å². The van der Waals surface area contributed by atoms with Crippen LogP contribution in [0.1, 0.15) is 25.1 Å². The zero-order chi connectivity index (χ0) is 19.3. The lowest BCUT2D eigenvalue weighted by molar-refractivity contribution is -0.136. The van der Waals surface area contributed by atoms with Gasteiger partial charge in [-0.05, 0) is 17.7 Å². The Bertz CT molecular complexity index is 835. The number of hydrogen-bond acceptors (Lipinski definition) is 5. The molecule has 0 aliphatic heterocycles. The lowest BCUT2D eigenvalue weighted by Gasteiger charge is -2.06. The molecule has 0 unspecified atom stereocenters. The maximum absolute atomic E-state index is 13.8. The van der Waals surface area contributed by atoms with E-state index in [9.17, 15) is 18.8 Å². The van der Waals surface area contributed by atoms with Crippen molar-refractivity contribution in [3.8, 4) is 0 Å². The van der Waals surface area contributed by atoms with E-state index in [-0.39, 0.29) is 29.5 Å². The largest absolute Gasteiger partial charge is 0.481 e.